The number of nitrogens with zero attached hydrogens (tertiary/aromatic N) is 1. The summed E-state index contributed by atoms with van der Waals surface area (Å²) >= 11 is 0. The van der Waals surface area contributed by atoms with E-state index in [1.54, 1.807) is 0 Å². The topological polar surface area (TPSA) is 16.4 Å². The molecule has 0 bridgehead atoms. The van der Waals surface area contributed by atoms with Crippen molar-refractivity contribution in [2.45, 2.75) is 5.41 Å². The fourth-order valence-electron chi connectivity index (χ4n) is 10.8. The van der Waals surface area contributed by atoms with Gasteiger partial charge >= 0.3 is 0 Å². The molecule has 0 atom stereocenters. The lowest BCUT2D eigenvalue weighted by Gasteiger charge is -2.30. The fourth-order valence-corrected chi connectivity index (χ4v) is 10.8. The van der Waals surface area contributed by atoms with Gasteiger partial charge in [0.05, 0.1) is 16.8 Å². The predicted octanol–water partition coefficient (Wildman–Crippen LogP) is 15.9. The number of para-hydroxylation sites is 2. The smallest absolute Gasteiger partial charge is 0.136 e. The summed E-state index contributed by atoms with van der Waals surface area (Å²) in [4.78, 5) is 2.43. The van der Waals surface area contributed by atoms with Gasteiger partial charge in [0.25, 0.3) is 0 Å². The molecule has 10 aromatic carbocycles. The largest absolute Gasteiger partial charge is 0.456 e. The van der Waals surface area contributed by atoms with Gasteiger partial charge in [0.1, 0.15) is 11.2 Å². The minimum absolute atomic E-state index is 0.380. The Morgan fingerprint density at radius 3 is 1.64 bits per heavy atom. The number of furan rings is 1. The summed E-state index contributed by atoms with van der Waals surface area (Å²) in [5, 5.41) is 4.65. The van der Waals surface area contributed by atoms with E-state index in [1.165, 1.54) is 66.4 Å². The second kappa shape index (κ2) is 13.0. The summed E-state index contributed by atoms with van der Waals surface area (Å²) in [7, 11) is 0. The van der Waals surface area contributed by atoms with Gasteiger partial charge in [-0.15, -0.1) is 0 Å². The molecule has 0 saturated heterocycles. The van der Waals surface area contributed by atoms with Crippen molar-refractivity contribution < 1.29 is 4.42 Å². The standard InChI is InChI=1S/C59H37NO/c1-2-17-42-38(15-1)16-13-29-55(42)60(54-28-11-6-18-43(54)40-33-36-48-47-21-7-12-30-56(47)61-57(48)37-40)41-34-31-39(32-35-41)44-23-14-27-53-58(44)49-22-5-10-26-52(49)59(53)50-24-8-3-19-45(50)46-20-4-9-25-51(46)59/h1-37H. The van der Waals surface area contributed by atoms with E-state index in [0.717, 1.165) is 50.1 Å². The van der Waals surface area contributed by atoms with E-state index in [1.807, 2.05) is 12.1 Å². The number of anilines is 3. The van der Waals surface area contributed by atoms with Gasteiger partial charge in [0.2, 0.25) is 0 Å². The molecule has 13 rings (SSSR count). The van der Waals surface area contributed by atoms with E-state index < -0.39 is 0 Å². The molecule has 2 heteroatoms. The lowest BCUT2D eigenvalue weighted by molar-refractivity contribution is 0.669. The van der Waals surface area contributed by atoms with Crippen LogP contribution >= 0.6 is 0 Å². The molecule has 1 spiro atoms. The normalized spacial score (nSPS) is 13.0. The van der Waals surface area contributed by atoms with Crippen LogP contribution in [-0.4, -0.2) is 0 Å². The van der Waals surface area contributed by atoms with Crippen molar-refractivity contribution in [1.29, 1.82) is 0 Å². The molecule has 0 amide bonds. The summed E-state index contributed by atoms with van der Waals surface area (Å²) in [6.07, 6.45) is 0. The fraction of sp³-hybridized carbons (Fsp3) is 0.0169. The van der Waals surface area contributed by atoms with Gasteiger partial charge in [-0.25, -0.2) is 0 Å². The molecule has 11 aromatic rings. The monoisotopic (exact) mass is 775 g/mol. The van der Waals surface area contributed by atoms with Crippen LogP contribution in [-0.2, 0) is 5.41 Å². The number of rotatable bonds is 5. The minimum atomic E-state index is -0.380. The Balaban J connectivity index is 0.989. The first-order chi connectivity index (χ1) is 30.3. The number of hydrogen-bond acceptors (Lipinski definition) is 2. The lowest BCUT2D eigenvalue weighted by atomic mass is 9.70. The predicted molar refractivity (Wildman–Crippen MR) is 253 cm³/mol. The summed E-state index contributed by atoms with van der Waals surface area (Å²) in [5.41, 5.74) is 20.1. The maximum absolute atomic E-state index is 6.40. The van der Waals surface area contributed by atoms with E-state index in [-0.39, 0.29) is 5.41 Å². The summed E-state index contributed by atoms with van der Waals surface area (Å²) < 4.78 is 6.40. The van der Waals surface area contributed by atoms with Crippen LogP contribution in [0.15, 0.2) is 229 Å². The molecule has 0 saturated carbocycles. The van der Waals surface area contributed by atoms with E-state index in [0.29, 0.717) is 0 Å². The molecule has 1 aromatic heterocycles. The lowest BCUT2D eigenvalue weighted by Crippen LogP contribution is -2.25. The zero-order valence-corrected chi connectivity index (χ0v) is 33.2. The Kier molecular flexibility index (Phi) is 7.26. The molecule has 1 heterocycles. The third-order valence-electron chi connectivity index (χ3n) is 13.3. The van der Waals surface area contributed by atoms with Gasteiger partial charge in [0.15, 0.2) is 0 Å². The van der Waals surface area contributed by atoms with Crippen molar-refractivity contribution in [2.24, 2.45) is 0 Å². The van der Waals surface area contributed by atoms with Gasteiger partial charge in [-0.1, -0.05) is 182 Å². The Bertz CT molecular complexity index is 3500. The Labute approximate surface area is 354 Å². The molecule has 2 aliphatic carbocycles. The van der Waals surface area contributed by atoms with Gasteiger partial charge in [-0.2, -0.15) is 0 Å². The molecule has 0 aliphatic heterocycles. The van der Waals surface area contributed by atoms with Gasteiger partial charge in [-0.3, -0.25) is 0 Å². The molecule has 2 aliphatic rings. The van der Waals surface area contributed by atoms with Gasteiger partial charge in [0, 0.05) is 27.4 Å². The van der Waals surface area contributed by atoms with Crippen molar-refractivity contribution in [3.05, 3.63) is 247 Å². The van der Waals surface area contributed by atoms with Crippen molar-refractivity contribution >= 4 is 49.8 Å². The highest BCUT2D eigenvalue weighted by molar-refractivity contribution is 6.07. The van der Waals surface area contributed by atoms with Gasteiger partial charge < -0.3 is 9.32 Å². The molecule has 0 unspecified atom stereocenters. The third-order valence-corrected chi connectivity index (χ3v) is 13.3. The van der Waals surface area contributed by atoms with Crippen LogP contribution in [0.4, 0.5) is 17.1 Å². The Morgan fingerprint density at radius 1 is 0.328 bits per heavy atom. The second-order valence-corrected chi connectivity index (χ2v) is 16.3. The second-order valence-electron chi connectivity index (χ2n) is 16.3. The molecule has 0 N–H and O–H groups in total. The molecule has 0 radical (unpaired) electrons. The van der Waals surface area contributed by atoms with E-state index in [2.05, 4.69) is 217 Å². The summed E-state index contributed by atoms with van der Waals surface area (Å²) in [6, 6.07) is 82.2. The highest BCUT2D eigenvalue weighted by Crippen LogP contribution is 2.64. The highest BCUT2D eigenvalue weighted by Gasteiger charge is 2.51. The van der Waals surface area contributed by atoms with Crippen LogP contribution in [0.1, 0.15) is 22.3 Å². The molecule has 284 valence electrons. The first-order valence-electron chi connectivity index (χ1n) is 21.1. The van der Waals surface area contributed by atoms with Crippen LogP contribution in [0.25, 0.3) is 77.2 Å². The van der Waals surface area contributed by atoms with E-state index in [9.17, 15) is 0 Å². The minimum Gasteiger partial charge on any atom is -0.456 e. The van der Waals surface area contributed by atoms with Crippen molar-refractivity contribution in [3.8, 4) is 44.5 Å². The van der Waals surface area contributed by atoms with Crippen molar-refractivity contribution in [2.75, 3.05) is 4.90 Å². The maximum Gasteiger partial charge on any atom is 0.136 e. The van der Waals surface area contributed by atoms with E-state index >= 15 is 0 Å². The van der Waals surface area contributed by atoms with Crippen molar-refractivity contribution in [1.82, 2.24) is 0 Å². The Hall–Kier alpha value is -7.94. The van der Waals surface area contributed by atoms with E-state index in [4.69, 9.17) is 4.42 Å². The first kappa shape index (κ1) is 34.0. The van der Waals surface area contributed by atoms with Crippen LogP contribution < -0.4 is 4.90 Å². The summed E-state index contributed by atoms with van der Waals surface area (Å²) in [5.74, 6) is 0. The maximum atomic E-state index is 6.40. The summed E-state index contributed by atoms with van der Waals surface area (Å²) in [6.45, 7) is 0. The average molecular weight is 776 g/mol. The zero-order chi connectivity index (χ0) is 40.1. The molecule has 61 heavy (non-hydrogen) atoms. The zero-order valence-electron chi connectivity index (χ0n) is 33.2. The van der Waals surface area contributed by atoms with Crippen LogP contribution in [0, 0.1) is 0 Å². The number of fused-ring (bicyclic) bond motifs is 14. The molecular weight excluding hydrogens is 739 g/mol. The molecule has 0 fully saturated rings. The van der Waals surface area contributed by atoms with Crippen LogP contribution in [0.2, 0.25) is 0 Å². The third kappa shape index (κ3) is 4.79. The molecular formula is C59H37NO. The quantitative estimate of drug-likeness (QED) is 0.173. The SMILES string of the molecule is c1ccc(N(c2ccc(-c3cccc4c3-c3ccccc3C43c4ccccc4-c4ccccc43)cc2)c2cccc3ccccc23)c(-c2ccc3c(c2)oc2ccccc23)c1. The first-order valence-corrected chi connectivity index (χ1v) is 21.1. The Morgan fingerprint density at radius 2 is 0.852 bits per heavy atom. The van der Waals surface area contributed by atoms with Crippen LogP contribution in [0.5, 0.6) is 0 Å². The highest BCUT2D eigenvalue weighted by atomic mass is 16.3. The van der Waals surface area contributed by atoms with Crippen molar-refractivity contribution in [3.63, 3.8) is 0 Å². The van der Waals surface area contributed by atoms with Crippen LogP contribution in [0.3, 0.4) is 0 Å². The number of benzene rings is 10. The average Bonchev–Trinajstić information content (AvgIpc) is 3.96. The van der Waals surface area contributed by atoms with Gasteiger partial charge in [-0.05, 0) is 109 Å². The number of hydrogen-bond donors (Lipinski definition) is 0. The molecule has 2 nitrogen and oxygen atoms in total.